The lowest BCUT2D eigenvalue weighted by molar-refractivity contribution is 0.400. The van der Waals surface area contributed by atoms with Crippen LogP contribution in [0.25, 0.3) is 11.5 Å². The topological polar surface area (TPSA) is 64.9 Å². The summed E-state index contributed by atoms with van der Waals surface area (Å²) in [4.78, 5) is 4.37. The van der Waals surface area contributed by atoms with E-state index in [1.165, 1.54) is 0 Å². The summed E-state index contributed by atoms with van der Waals surface area (Å²) in [6.45, 7) is 6.07. The summed E-state index contributed by atoms with van der Waals surface area (Å²) in [5.74, 6) is 1.36. The van der Waals surface area contributed by atoms with Gasteiger partial charge in [0.05, 0.1) is 6.04 Å². The van der Waals surface area contributed by atoms with Crippen LogP contribution in [0.4, 0.5) is 0 Å². The summed E-state index contributed by atoms with van der Waals surface area (Å²) in [6, 6.07) is 5.73. The highest BCUT2D eigenvalue weighted by Crippen LogP contribution is 2.26. The van der Waals surface area contributed by atoms with Gasteiger partial charge in [-0.15, -0.1) is 0 Å². The van der Waals surface area contributed by atoms with Crippen molar-refractivity contribution in [3.8, 4) is 11.5 Å². The number of nitrogens with zero attached hydrogens (tertiary/aromatic N) is 2. The molecule has 2 aromatic rings. The second-order valence-corrected chi connectivity index (χ2v) is 5.60. The van der Waals surface area contributed by atoms with E-state index in [9.17, 15) is 0 Å². The lowest BCUT2D eigenvalue weighted by Crippen LogP contribution is -2.18. The average Bonchev–Trinajstić information content (AvgIpc) is 2.77. The third kappa shape index (κ3) is 2.62. The number of nitrogens with two attached hydrogens (primary N) is 1. The molecule has 0 aliphatic carbocycles. The normalized spacial score (nSPS) is 13.0. The molecule has 0 radical (unpaired) electrons. The first-order valence-electron chi connectivity index (χ1n) is 5.84. The molecule has 1 atom stereocenters. The van der Waals surface area contributed by atoms with Gasteiger partial charge in [0.25, 0.3) is 5.89 Å². The summed E-state index contributed by atoms with van der Waals surface area (Å²) in [5, 5.41) is 3.95. The Morgan fingerprint density at radius 2 is 2.06 bits per heavy atom. The van der Waals surface area contributed by atoms with Gasteiger partial charge in [-0.05, 0) is 36.6 Å². The van der Waals surface area contributed by atoms with E-state index in [4.69, 9.17) is 10.3 Å². The third-order valence-electron chi connectivity index (χ3n) is 2.88. The molecule has 1 aromatic heterocycles. The van der Waals surface area contributed by atoms with Crippen molar-refractivity contribution in [1.82, 2.24) is 10.1 Å². The molecule has 2 rings (SSSR count). The van der Waals surface area contributed by atoms with Crippen LogP contribution >= 0.6 is 15.9 Å². The maximum atomic E-state index is 6.00. The Balaban J connectivity index is 2.35. The lowest BCUT2D eigenvalue weighted by Gasteiger charge is -2.09. The molecule has 18 heavy (non-hydrogen) atoms. The molecular formula is C13H16BrN3O. The molecule has 0 spiro atoms. The Labute approximate surface area is 115 Å². The molecular weight excluding hydrogens is 294 g/mol. The fraction of sp³-hybridized carbons (Fsp3) is 0.385. The molecule has 0 bridgehead atoms. The SMILES string of the molecule is Cc1cc(Br)ccc1-c1nc(C(N)C(C)C)no1. The molecule has 0 amide bonds. The second-order valence-electron chi connectivity index (χ2n) is 4.69. The summed E-state index contributed by atoms with van der Waals surface area (Å²) >= 11 is 3.43. The monoisotopic (exact) mass is 309 g/mol. The molecule has 0 aliphatic rings. The first kappa shape index (κ1) is 13.2. The Hall–Kier alpha value is -1.20. The second kappa shape index (κ2) is 5.20. The van der Waals surface area contributed by atoms with Gasteiger partial charge in [-0.3, -0.25) is 0 Å². The number of rotatable bonds is 3. The molecule has 0 saturated heterocycles. The van der Waals surface area contributed by atoms with Crippen molar-refractivity contribution in [2.24, 2.45) is 11.7 Å². The fourth-order valence-electron chi connectivity index (χ4n) is 1.64. The van der Waals surface area contributed by atoms with Crippen LogP contribution in [0.5, 0.6) is 0 Å². The van der Waals surface area contributed by atoms with Gasteiger partial charge in [-0.2, -0.15) is 4.98 Å². The number of halogens is 1. The highest BCUT2D eigenvalue weighted by Gasteiger charge is 2.18. The highest BCUT2D eigenvalue weighted by atomic mass is 79.9. The number of benzene rings is 1. The predicted molar refractivity (Wildman–Crippen MR) is 73.9 cm³/mol. The Kier molecular flexibility index (Phi) is 3.82. The lowest BCUT2D eigenvalue weighted by atomic mass is 10.1. The zero-order valence-corrected chi connectivity index (χ0v) is 12.2. The van der Waals surface area contributed by atoms with E-state index in [2.05, 4.69) is 26.1 Å². The summed E-state index contributed by atoms with van der Waals surface area (Å²) in [7, 11) is 0. The van der Waals surface area contributed by atoms with Crippen LogP contribution in [0.1, 0.15) is 31.3 Å². The fourth-order valence-corrected chi connectivity index (χ4v) is 2.12. The maximum Gasteiger partial charge on any atom is 0.258 e. The summed E-state index contributed by atoms with van der Waals surface area (Å²) < 4.78 is 6.32. The highest BCUT2D eigenvalue weighted by molar-refractivity contribution is 9.10. The predicted octanol–water partition coefficient (Wildman–Crippen LogP) is 3.46. The van der Waals surface area contributed by atoms with E-state index in [0.29, 0.717) is 11.7 Å². The zero-order chi connectivity index (χ0) is 13.3. The molecule has 4 nitrogen and oxygen atoms in total. The molecule has 1 unspecified atom stereocenters. The van der Waals surface area contributed by atoms with Crippen LogP contribution in [-0.2, 0) is 0 Å². The van der Waals surface area contributed by atoms with Gasteiger partial charge in [-0.25, -0.2) is 0 Å². The van der Waals surface area contributed by atoms with Gasteiger partial charge in [0.2, 0.25) is 0 Å². The minimum atomic E-state index is -0.196. The van der Waals surface area contributed by atoms with Crippen LogP contribution in [0.15, 0.2) is 27.2 Å². The van der Waals surface area contributed by atoms with Crippen LogP contribution in [0.3, 0.4) is 0 Å². The first-order chi connectivity index (χ1) is 8.49. The quantitative estimate of drug-likeness (QED) is 0.943. The molecule has 0 saturated carbocycles. The van der Waals surface area contributed by atoms with E-state index < -0.39 is 0 Å². The van der Waals surface area contributed by atoms with Crippen LogP contribution in [0, 0.1) is 12.8 Å². The van der Waals surface area contributed by atoms with Crippen LogP contribution in [-0.4, -0.2) is 10.1 Å². The van der Waals surface area contributed by atoms with Crippen molar-refractivity contribution in [1.29, 1.82) is 0 Å². The van der Waals surface area contributed by atoms with Gasteiger partial charge in [0, 0.05) is 10.0 Å². The molecule has 96 valence electrons. The van der Waals surface area contributed by atoms with Crippen molar-refractivity contribution in [3.63, 3.8) is 0 Å². The molecule has 0 aliphatic heterocycles. The van der Waals surface area contributed by atoms with Gasteiger partial charge in [-0.1, -0.05) is 34.9 Å². The first-order valence-corrected chi connectivity index (χ1v) is 6.64. The Bertz CT molecular complexity index is 551. The third-order valence-corrected chi connectivity index (χ3v) is 3.37. The average molecular weight is 310 g/mol. The number of aromatic nitrogens is 2. The van der Waals surface area contributed by atoms with Crippen LogP contribution < -0.4 is 5.73 Å². The van der Waals surface area contributed by atoms with Gasteiger partial charge in [0.1, 0.15) is 0 Å². The molecule has 0 fully saturated rings. The minimum Gasteiger partial charge on any atom is -0.334 e. The van der Waals surface area contributed by atoms with Crippen molar-refractivity contribution >= 4 is 15.9 Å². The molecule has 5 heteroatoms. The smallest absolute Gasteiger partial charge is 0.258 e. The van der Waals surface area contributed by atoms with Crippen LogP contribution in [0.2, 0.25) is 0 Å². The molecule has 2 N–H and O–H groups in total. The van der Waals surface area contributed by atoms with E-state index in [1.807, 2.05) is 39.0 Å². The minimum absolute atomic E-state index is 0.196. The van der Waals surface area contributed by atoms with E-state index >= 15 is 0 Å². The Morgan fingerprint density at radius 3 is 2.67 bits per heavy atom. The Morgan fingerprint density at radius 1 is 1.33 bits per heavy atom. The van der Waals surface area contributed by atoms with Crippen molar-refractivity contribution in [2.45, 2.75) is 26.8 Å². The van der Waals surface area contributed by atoms with Crippen molar-refractivity contribution in [3.05, 3.63) is 34.1 Å². The van der Waals surface area contributed by atoms with Crippen molar-refractivity contribution in [2.75, 3.05) is 0 Å². The van der Waals surface area contributed by atoms with E-state index in [1.54, 1.807) is 0 Å². The summed E-state index contributed by atoms with van der Waals surface area (Å²) in [5.41, 5.74) is 8.02. The van der Waals surface area contributed by atoms with E-state index in [-0.39, 0.29) is 12.0 Å². The van der Waals surface area contributed by atoms with Gasteiger partial charge >= 0.3 is 0 Å². The largest absolute Gasteiger partial charge is 0.334 e. The van der Waals surface area contributed by atoms with Gasteiger partial charge in [0.15, 0.2) is 5.82 Å². The summed E-state index contributed by atoms with van der Waals surface area (Å²) in [6.07, 6.45) is 0. The zero-order valence-electron chi connectivity index (χ0n) is 10.6. The van der Waals surface area contributed by atoms with Crippen molar-refractivity contribution < 1.29 is 4.52 Å². The standard InChI is InChI=1S/C13H16BrN3O/c1-7(2)11(15)12-16-13(18-17-12)10-5-4-9(14)6-8(10)3/h4-7,11H,15H2,1-3H3. The van der Waals surface area contributed by atoms with Gasteiger partial charge < -0.3 is 10.3 Å². The number of aryl methyl sites for hydroxylation is 1. The number of hydrogen-bond donors (Lipinski definition) is 1. The van der Waals surface area contributed by atoms with E-state index in [0.717, 1.165) is 15.6 Å². The number of hydrogen-bond acceptors (Lipinski definition) is 4. The molecule has 1 aromatic carbocycles. The molecule has 1 heterocycles. The maximum absolute atomic E-state index is 6.00.